The Bertz CT molecular complexity index is 121. The largest absolute Gasteiger partial charge is 0.291 e. The minimum Gasteiger partial charge on any atom is -0.291 e. The Balaban J connectivity index is 4.07. The van der Waals surface area contributed by atoms with Gasteiger partial charge in [-0.2, -0.15) is 0 Å². The lowest BCUT2D eigenvalue weighted by Gasteiger charge is -2.12. The van der Waals surface area contributed by atoms with Crippen LogP contribution < -0.4 is 0 Å². The molecular formula is C10H21N. The molecule has 1 nitrogen and oxygen atoms in total. The van der Waals surface area contributed by atoms with Gasteiger partial charge in [0.05, 0.1) is 0 Å². The van der Waals surface area contributed by atoms with Gasteiger partial charge in [0.15, 0.2) is 0 Å². The van der Waals surface area contributed by atoms with Crippen molar-refractivity contribution >= 4 is 5.71 Å². The van der Waals surface area contributed by atoms with Crippen molar-refractivity contribution in [3.63, 3.8) is 0 Å². The fraction of sp³-hybridized carbons (Fsp3) is 0.900. The van der Waals surface area contributed by atoms with Crippen LogP contribution in [0.4, 0.5) is 0 Å². The quantitative estimate of drug-likeness (QED) is 0.552. The van der Waals surface area contributed by atoms with Gasteiger partial charge in [0.25, 0.3) is 0 Å². The normalized spacial score (nSPS) is 13.2. The Morgan fingerprint density at radius 3 is 1.91 bits per heavy atom. The van der Waals surface area contributed by atoms with E-state index in [1.165, 1.54) is 18.6 Å². The van der Waals surface area contributed by atoms with E-state index in [0.29, 0.717) is 12.0 Å². The highest BCUT2D eigenvalue weighted by molar-refractivity contribution is 5.84. The minimum absolute atomic E-state index is 0.454. The fourth-order valence-corrected chi connectivity index (χ4v) is 1.39. The van der Waals surface area contributed by atoms with Crippen molar-refractivity contribution in [2.24, 2.45) is 10.9 Å². The molecule has 0 aromatic rings. The first-order valence-electron chi connectivity index (χ1n) is 4.66. The Morgan fingerprint density at radius 1 is 1.18 bits per heavy atom. The Hall–Kier alpha value is -0.330. The smallest absolute Gasteiger partial charge is 0.0442 e. The summed E-state index contributed by atoms with van der Waals surface area (Å²) in [7, 11) is 0. The van der Waals surface area contributed by atoms with Gasteiger partial charge >= 0.3 is 0 Å². The zero-order valence-electron chi connectivity index (χ0n) is 8.52. The van der Waals surface area contributed by atoms with Gasteiger partial charge in [-0.1, -0.05) is 13.8 Å². The van der Waals surface area contributed by atoms with Crippen LogP contribution in [0.15, 0.2) is 4.99 Å². The average molecular weight is 155 g/mol. The molecule has 0 unspecified atom stereocenters. The summed E-state index contributed by atoms with van der Waals surface area (Å²) >= 11 is 0. The van der Waals surface area contributed by atoms with E-state index in [4.69, 9.17) is 0 Å². The highest BCUT2D eigenvalue weighted by Crippen LogP contribution is 2.10. The summed E-state index contributed by atoms with van der Waals surface area (Å²) < 4.78 is 0. The van der Waals surface area contributed by atoms with Crippen molar-refractivity contribution in [3.8, 4) is 0 Å². The van der Waals surface area contributed by atoms with Gasteiger partial charge in [-0.05, 0) is 39.5 Å². The standard InChI is InChI=1S/C10H21N/c1-6-10(7-2)9(5)11-8(3)4/h8,10H,6-7H2,1-5H3. The zero-order valence-corrected chi connectivity index (χ0v) is 8.52. The molecule has 0 aromatic heterocycles. The molecule has 0 heterocycles. The molecule has 0 aliphatic rings. The molecule has 0 atom stereocenters. The molecule has 0 aliphatic carbocycles. The Labute approximate surface area is 70.9 Å². The second kappa shape index (κ2) is 5.34. The highest BCUT2D eigenvalue weighted by atomic mass is 14.8. The first-order chi connectivity index (χ1) is 5.11. The number of nitrogens with zero attached hydrogens (tertiary/aromatic N) is 1. The van der Waals surface area contributed by atoms with Gasteiger partial charge in [-0.3, -0.25) is 4.99 Å². The second-order valence-electron chi connectivity index (χ2n) is 3.38. The molecular weight excluding hydrogens is 134 g/mol. The molecule has 0 bridgehead atoms. The maximum Gasteiger partial charge on any atom is 0.0442 e. The molecule has 0 fully saturated rings. The third kappa shape index (κ3) is 4.18. The molecule has 0 rings (SSSR count). The maximum atomic E-state index is 4.54. The van der Waals surface area contributed by atoms with Crippen LogP contribution >= 0.6 is 0 Å². The van der Waals surface area contributed by atoms with Gasteiger partial charge in [-0.15, -0.1) is 0 Å². The highest BCUT2D eigenvalue weighted by Gasteiger charge is 2.06. The SMILES string of the molecule is CCC(CC)C(C)=NC(C)C. The summed E-state index contributed by atoms with van der Waals surface area (Å²) in [5.74, 6) is 0.706. The summed E-state index contributed by atoms with van der Waals surface area (Å²) in [4.78, 5) is 4.54. The molecule has 1 heteroatoms. The summed E-state index contributed by atoms with van der Waals surface area (Å²) in [6.07, 6.45) is 2.44. The topological polar surface area (TPSA) is 12.4 Å². The van der Waals surface area contributed by atoms with Crippen LogP contribution in [0.2, 0.25) is 0 Å². The van der Waals surface area contributed by atoms with Crippen molar-refractivity contribution < 1.29 is 0 Å². The Kier molecular flexibility index (Phi) is 5.18. The van der Waals surface area contributed by atoms with Gasteiger partial charge in [-0.25, -0.2) is 0 Å². The Morgan fingerprint density at radius 2 is 1.64 bits per heavy atom. The first kappa shape index (κ1) is 10.7. The summed E-state index contributed by atoms with van der Waals surface area (Å²) in [5.41, 5.74) is 1.32. The van der Waals surface area contributed by atoms with Gasteiger partial charge in [0.2, 0.25) is 0 Å². The van der Waals surface area contributed by atoms with Crippen LogP contribution in [0.3, 0.4) is 0 Å². The van der Waals surface area contributed by atoms with Crippen LogP contribution in [0.5, 0.6) is 0 Å². The average Bonchev–Trinajstić information content (AvgIpc) is 1.88. The molecule has 0 aromatic carbocycles. The van der Waals surface area contributed by atoms with Crippen molar-refractivity contribution in [2.45, 2.75) is 53.5 Å². The molecule has 66 valence electrons. The number of hydrogen-bond donors (Lipinski definition) is 0. The molecule has 0 aliphatic heterocycles. The number of rotatable bonds is 4. The van der Waals surface area contributed by atoms with Crippen LogP contribution in [-0.4, -0.2) is 11.8 Å². The first-order valence-corrected chi connectivity index (χ1v) is 4.66. The van der Waals surface area contributed by atoms with E-state index in [1.54, 1.807) is 0 Å². The van der Waals surface area contributed by atoms with Crippen molar-refractivity contribution in [1.29, 1.82) is 0 Å². The lowest BCUT2D eigenvalue weighted by Crippen LogP contribution is -2.11. The van der Waals surface area contributed by atoms with Crippen molar-refractivity contribution in [3.05, 3.63) is 0 Å². The maximum absolute atomic E-state index is 4.54. The molecule has 0 saturated carbocycles. The van der Waals surface area contributed by atoms with Gasteiger partial charge < -0.3 is 0 Å². The number of aliphatic imine (C=N–C) groups is 1. The predicted molar refractivity (Wildman–Crippen MR) is 52.3 cm³/mol. The molecule has 11 heavy (non-hydrogen) atoms. The second-order valence-corrected chi connectivity index (χ2v) is 3.38. The molecule has 0 N–H and O–H groups in total. The number of hydrogen-bond acceptors (Lipinski definition) is 1. The monoisotopic (exact) mass is 155 g/mol. The zero-order chi connectivity index (χ0) is 8.85. The van der Waals surface area contributed by atoms with E-state index in [1.807, 2.05) is 0 Å². The van der Waals surface area contributed by atoms with E-state index in [2.05, 4.69) is 39.6 Å². The lowest BCUT2D eigenvalue weighted by atomic mass is 9.98. The minimum atomic E-state index is 0.454. The summed E-state index contributed by atoms with van der Waals surface area (Å²) in [6, 6.07) is 0.454. The van der Waals surface area contributed by atoms with Crippen LogP contribution in [0.1, 0.15) is 47.5 Å². The summed E-state index contributed by atoms with van der Waals surface area (Å²) in [6.45, 7) is 10.9. The molecule has 0 saturated heterocycles. The van der Waals surface area contributed by atoms with E-state index in [-0.39, 0.29) is 0 Å². The van der Waals surface area contributed by atoms with Crippen LogP contribution in [0.25, 0.3) is 0 Å². The molecule has 0 radical (unpaired) electrons. The van der Waals surface area contributed by atoms with Crippen molar-refractivity contribution in [2.75, 3.05) is 0 Å². The van der Waals surface area contributed by atoms with Gasteiger partial charge in [0.1, 0.15) is 0 Å². The van der Waals surface area contributed by atoms with Gasteiger partial charge in [0, 0.05) is 11.8 Å². The van der Waals surface area contributed by atoms with Crippen LogP contribution in [0, 0.1) is 5.92 Å². The van der Waals surface area contributed by atoms with E-state index in [0.717, 1.165) is 0 Å². The van der Waals surface area contributed by atoms with Crippen LogP contribution in [-0.2, 0) is 0 Å². The van der Waals surface area contributed by atoms with E-state index < -0.39 is 0 Å². The molecule has 0 amide bonds. The van der Waals surface area contributed by atoms with Crippen molar-refractivity contribution in [1.82, 2.24) is 0 Å². The molecule has 0 spiro atoms. The lowest BCUT2D eigenvalue weighted by molar-refractivity contribution is 0.631. The fourth-order valence-electron chi connectivity index (χ4n) is 1.39. The third-order valence-corrected chi connectivity index (χ3v) is 2.04. The van der Waals surface area contributed by atoms with E-state index >= 15 is 0 Å². The predicted octanol–water partition coefficient (Wildman–Crippen LogP) is 3.29. The summed E-state index contributed by atoms with van der Waals surface area (Å²) in [5, 5.41) is 0. The third-order valence-electron chi connectivity index (χ3n) is 2.04. The van der Waals surface area contributed by atoms with E-state index in [9.17, 15) is 0 Å².